The summed E-state index contributed by atoms with van der Waals surface area (Å²) >= 11 is 3.47. The molecular formula is C17H19BrN2O. The molecule has 1 unspecified atom stereocenters. The number of aliphatic hydroxyl groups is 1. The number of benzene rings is 1. The number of piperidine rings is 1. The van der Waals surface area contributed by atoms with Crippen LogP contribution >= 0.6 is 15.9 Å². The summed E-state index contributed by atoms with van der Waals surface area (Å²) in [6.45, 7) is 1.93. The highest BCUT2D eigenvalue weighted by atomic mass is 79.9. The van der Waals surface area contributed by atoms with Gasteiger partial charge in [0.1, 0.15) is 0 Å². The maximum atomic E-state index is 10.5. The molecule has 4 heteroatoms. The fourth-order valence-corrected chi connectivity index (χ4v) is 3.32. The van der Waals surface area contributed by atoms with Gasteiger partial charge in [0.2, 0.25) is 0 Å². The maximum absolute atomic E-state index is 10.5. The number of hydrogen-bond acceptors (Lipinski definition) is 3. The number of aliphatic hydroxyl groups excluding tert-OH is 1. The molecule has 0 amide bonds. The lowest BCUT2D eigenvalue weighted by molar-refractivity contribution is 0.0930. The van der Waals surface area contributed by atoms with Gasteiger partial charge in [-0.2, -0.15) is 0 Å². The normalized spacial score (nSPS) is 17.7. The van der Waals surface area contributed by atoms with Crippen LogP contribution < -0.4 is 4.90 Å². The zero-order chi connectivity index (χ0) is 14.7. The summed E-state index contributed by atoms with van der Waals surface area (Å²) in [5, 5.41) is 10.5. The summed E-state index contributed by atoms with van der Waals surface area (Å²) in [7, 11) is 0. The minimum Gasteiger partial charge on any atom is -0.388 e. The van der Waals surface area contributed by atoms with Crippen LogP contribution in [0.15, 0.2) is 53.3 Å². The van der Waals surface area contributed by atoms with Crippen LogP contribution in [0.4, 0.5) is 5.69 Å². The first-order valence-electron chi connectivity index (χ1n) is 7.32. The number of pyridine rings is 1. The van der Waals surface area contributed by atoms with Gasteiger partial charge < -0.3 is 10.0 Å². The summed E-state index contributed by atoms with van der Waals surface area (Å²) in [5.41, 5.74) is 2.18. The lowest BCUT2D eigenvalue weighted by atomic mass is 9.87. The Morgan fingerprint density at radius 2 is 1.86 bits per heavy atom. The summed E-state index contributed by atoms with van der Waals surface area (Å²) in [5.74, 6) is 0.337. The van der Waals surface area contributed by atoms with Crippen molar-refractivity contribution in [3.63, 3.8) is 0 Å². The summed E-state index contributed by atoms with van der Waals surface area (Å²) < 4.78 is 1.01. The summed E-state index contributed by atoms with van der Waals surface area (Å²) in [6.07, 6.45) is 5.35. The van der Waals surface area contributed by atoms with E-state index in [1.165, 1.54) is 0 Å². The van der Waals surface area contributed by atoms with E-state index in [9.17, 15) is 5.11 Å². The molecule has 0 saturated carbocycles. The van der Waals surface area contributed by atoms with Crippen LogP contribution in [0.5, 0.6) is 0 Å². The highest BCUT2D eigenvalue weighted by Gasteiger charge is 2.26. The summed E-state index contributed by atoms with van der Waals surface area (Å²) in [4.78, 5) is 6.56. The molecule has 2 heterocycles. The molecule has 2 aromatic rings. The van der Waals surface area contributed by atoms with E-state index in [2.05, 4.69) is 31.9 Å². The van der Waals surface area contributed by atoms with Crippen molar-refractivity contribution in [1.82, 2.24) is 4.98 Å². The Hall–Kier alpha value is -1.39. The van der Waals surface area contributed by atoms with Gasteiger partial charge >= 0.3 is 0 Å². The van der Waals surface area contributed by atoms with E-state index < -0.39 is 0 Å². The molecule has 1 atom stereocenters. The van der Waals surface area contributed by atoms with E-state index >= 15 is 0 Å². The lowest BCUT2D eigenvalue weighted by Crippen LogP contribution is -2.35. The van der Waals surface area contributed by atoms with Crippen LogP contribution in [0.3, 0.4) is 0 Å². The van der Waals surface area contributed by atoms with Crippen molar-refractivity contribution >= 4 is 21.6 Å². The number of nitrogens with zero attached hydrogens (tertiary/aromatic N) is 2. The standard InChI is InChI=1S/C17H19BrN2O/c18-15-10-16(12-19-11-15)20-8-6-14(7-9-20)17(21)13-4-2-1-3-5-13/h1-5,10-12,14,17,21H,6-9H2. The third kappa shape index (κ3) is 3.44. The highest BCUT2D eigenvalue weighted by Crippen LogP contribution is 2.32. The Morgan fingerprint density at radius 1 is 1.14 bits per heavy atom. The lowest BCUT2D eigenvalue weighted by Gasteiger charge is -2.35. The Bertz CT molecular complexity index is 582. The molecule has 0 radical (unpaired) electrons. The van der Waals surface area contributed by atoms with Crippen molar-refractivity contribution in [3.05, 3.63) is 58.8 Å². The van der Waals surface area contributed by atoms with Crippen molar-refractivity contribution in [3.8, 4) is 0 Å². The molecule has 1 aliphatic rings. The molecule has 21 heavy (non-hydrogen) atoms. The Morgan fingerprint density at radius 3 is 2.52 bits per heavy atom. The van der Waals surface area contributed by atoms with E-state index in [0.717, 1.165) is 41.7 Å². The van der Waals surface area contributed by atoms with E-state index in [-0.39, 0.29) is 6.10 Å². The third-order valence-corrected chi connectivity index (χ3v) is 4.62. The maximum Gasteiger partial charge on any atom is 0.0819 e. The number of aromatic nitrogens is 1. The SMILES string of the molecule is OC(c1ccccc1)C1CCN(c2cncc(Br)c2)CC1. The van der Waals surface area contributed by atoms with Crippen molar-refractivity contribution in [2.24, 2.45) is 5.92 Å². The Kier molecular flexibility index (Phi) is 4.56. The van der Waals surface area contributed by atoms with Crippen molar-refractivity contribution in [1.29, 1.82) is 0 Å². The first-order chi connectivity index (χ1) is 10.2. The Balaban J connectivity index is 1.63. The van der Waals surface area contributed by atoms with Gasteiger partial charge in [-0.05, 0) is 46.3 Å². The second-order valence-electron chi connectivity index (χ2n) is 5.54. The molecule has 1 aromatic heterocycles. The van der Waals surface area contributed by atoms with Gasteiger partial charge in [0, 0.05) is 23.8 Å². The van der Waals surface area contributed by atoms with Gasteiger partial charge in [-0.3, -0.25) is 4.98 Å². The van der Waals surface area contributed by atoms with E-state index in [0.29, 0.717) is 5.92 Å². The molecule has 0 spiro atoms. The van der Waals surface area contributed by atoms with Gasteiger partial charge in [-0.15, -0.1) is 0 Å². The molecule has 1 N–H and O–H groups in total. The molecule has 3 rings (SSSR count). The zero-order valence-corrected chi connectivity index (χ0v) is 13.4. The van der Waals surface area contributed by atoms with Crippen molar-refractivity contribution in [2.45, 2.75) is 18.9 Å². The van der Waals surface area contributed by atoms with Gasteiger partial charge in [0.25, 0.3) is 0 Å². The second-order valence-corrected chi connectivity index (χ2v) is 6.46. The number of halogens is 1. The van der Waals surface area contributed by atoms with Crippen LogP contribution in [0.25, 0.3) is 0 Å². The number of anilines is 1. The van der Waals surface area contributed by atoms with Crippen molar-refractivity contribution in [2.75, 3.05) is 18.0 Å². The minimum atomic E-state index is -0.353. The monoisotopic (exact) mass is 346 g/mol. The molecule has 110 valence electrons. The second kappa shape index (κ2) is 6.58. The van der Waals surface area contributed by atoms with Gasteiger partial charge in [0.15, 0.2) is 0 Å². The molecule has 3 nitrogen and oxygen atoms in total. The molecule has 1 aromatic carbocycles. The first-order valence-corrected chi connectivity index (χ1v) is 8.12. The molecule has 1 aliphatic heterocycles. The quantitative estimate of drug-likeness (QED) is 0.918. The molecule has 0 bridgehead atoms. The van der Waals surface area contributed by atoms with Crippen LogP contribution in [-0.2, 0) is 0 Å². The van der Waals surface area contributed by atoms with Crippen LogP contribution in [0.2, 0.25) is 0 Å². The fraction of sp³-hybridized carbons (Fsp3) is 0.353. The molecule has 0 aliphatic carbocycles. The van der Waals surface area contributed by atoms with Crippen LogP contribution in [0, 0.1) is 5.92 Å². The largest absolute Gasteiger partial charge is 0.388 e. The average Bonchev–Trinajstić information content (AvgIpc) is 2.55. The predicted octanol–water partition coefficient (Wildman–Crippen LogP) is 3.79. The van der Waals surface area contributed by atoms with E-state index in [1.54, 1.807) is 6.20 Å². The van der Waals surface area contributed by atoms with Gasteiger partial charge in [-0.1, -0.05) is 30.3 Å². The smallest absolute Gasteiger partial charge is 0.0819 e. The first kappa shape index (κ1) is 14.5. The molecule has 1 saturated heterocycles. The topological polar surface area (TPSA) is 36.4 Å². The van der Waals surface area contributed by atoms with Crippen LogP contribution in [-0.4, -0.2) is 23.2 Å². The fourth-order valence-electron chi connectivity index (χ4n) is 2.97. The van der Waals surface area contributed by atoms with Gasteiger partial charge in [-0.25, -0.2) is 0 Å². The molecule has 1 fully saturated rings. The Labute approximate surface area is 133 Å². The predicted molar refractivity (Wildman–Crippen MR) is 88.3 cm³/mol. The third-order valence-electron chi connectivity index (χ3n) is 4.18. The number of rotatable bonds is 3. The van der Waals surface area contributed by atoms with Crippen molar-refractivity contribution < 1.29 is 5.11 Å². The van der Waals surface area contributed by atoms with E-state index in [4.69, 9.17) is 0 Å². The van der Waals surface area contributed by atoms with Gasteiger partial charge in [0.05, 0.1) is 18.0 Å². The molecular weight excluding hydrogens is 328 g/mol. The highest BCUT2D eigenvalue weighted by molar-refractivity contribution is 9.10. The average molecular weight is 347 g/mol. The minimum absolute atomic E-state index is 0.337. The van der Waals surface area contributed by atoms with E-state index in [1.807, 2.05) is 36.5 Å². The number of hydrogen-bond donors (Lipinski definition) is 1. The zero-order valence-electron chi connectivity index (χ0n) is 11.8. The summed E-state index contributed by atoms with van der Waals surface area (Å²) in [6, 6.07) is 12.1. The van der Waals surface area contributed by atoms with Crippen LogP contribution in [0.1, 0.15) is 24.5 Å².